The van der Waals surface area contributed by atoms with E-state index in [4.69, 9.17) is 0 Å². The smallest absolute Gasteiger partial charge is 0.270 e. The molecule has 1 fully saturated rings. The molecule has 0 spiro atoms. The van der Waals surface area contributed by atoms with Crippen LogP contribution in [0.2, 0.25) is 0 Å². The zero-order valence-electron chi connectivity index (χ0n) is 13.0. The van der Waals surface area contributed by atoms with Gasteiger partial charge < -0.3 is 10.6 Å². The second kappa shape index (κ2) is 7.08. The van der Waals surface area contributed by atoms with E-state index in [0.29, 0.717) is 11.6 Å². The molecule has 6 heteroatoms. The van der Waals surface area contributed by atoms with E-state index in [1.54, 1.807) is 6.07 Å². The summed E-state index contributed by atoms with van der Waals surface area (Å²) in [6, 6.07) is 9.72. The molecule has 1 aliphatic rings. The van der Waals surface area contributed by atoms with Gasteiger partial charge in [-0.05, 0) is 53.9 Å². The summed E-state index contributed by atoms with van der Waals surface area (Å²) < 4.78 is 0.919. The number of hydrogen-bond donors (Lipinski definition) is 2. The Morgan fingerprint density at radius 3 is 2.70 bits per heavy atom. The van der Waals surface area contributed by atoms with Crippen LogP contribution < -0.4 is 10.6 Å². The number of para-hydroxylation sites is 1. The first kappa shape index (κ1) is 15.9. The fraction of sp³-hybridized carbons (Fsp3) is 0.353. The minimum Gasteiger partial charge on any atom is -0.348 e. The molecule has 1 aromatic heterocycles. The number of carbonyl (C=O) groups is 1. The normalized spacial score (nSPS) is 14.7. The molecule has 2 aromatic rings. The number of aryl methyl sites for hydroxylation is 1. The van der Waals surface area contributed by atoms with Crippen LogP contribution in [0, 0.1) is 6.92 Å². The number of aromatic nitrogens is 2. The van der Waals surface area contributed by atoms with Crippen molar-refractivity contribution in [3.8, 4) is 0 Å². The highest BCUT2D eigenvalue weighted by atomic mass is 79.9. The molecule has 0 aliphatic heterocycles. The highest BCUT2D eigenvalue weighted by molar-refractivity contribution is 9.10. The Balaban J connectivity index is 1.78. The van der Waals surface area contributed by atoms with Crippen molar-refractivity contribution >= 4 is 33.5 Å². The Morgan fingerprint density at radius 1 is 1.22 bits per heavy atom. The standard InChI is InChI=1S/C17H19BrN4O/c1-11-10-15(16(23)20-12-6-2-3-7-12)22-17(19-11)21-14-9-5-4-8-13(14)18/h4-5,8-10,12H,2-3,6-7H2,1H3,(H,20,23)(H,19,21,22). The Bertz CT molecular complexity index is 713. The maximum atomic E-state index is 12.4. The predicted molar refractivity (Wildman–Crippen MR) is 93.9 cm³/mol. The number of hydrogen-bond acceptors (Lipinski definition) is 4. The summed E-state index contributed by atoms with van der Waals surface area (Å²) in [5.41, 5.74) is 2.02. The van der Waals surface area contributed by atoms with Crippen molar-refractivity contribution in [2.75, 3.05) is 5.32 Å². The van der Waals surface area contributed by atoms with Crippen molar-refractivity contribution in [1.29, 1.82) is 0 Å². The third-order valence-corrected chi connectivity index (χ3v) is 4.59. The van der Waals surface area contributed by atoms with Gasteiger partial charge in [-0.25, -0.2) is 9.97 Å². The van der Waals surface area contributed by atoms with Crippen molar-refractivity contribution < 1.29 is 4.79 Å². The lowest BCUT2D eigenvalue weighted by Gasteiger charge is -2.13. The molecule has 0 radical (unpaired) electrons. The van der Waals surface area contributed by atoms with Crippen LogP contribution in [0.15, 0.2) is 34.8 Å². The lowest BCUT2D eigenvalue weighted by molar-refractivity contribution is 0.0932. The summed E-state index contributed by atoms with van der Waals surface area (Å²) in [5, 5.41) is 6.21. The van der Waals surface area contributed by atoms with Crippen LogP contribution in [0.3, 0.4) is 0 Å². The quantitative estimate of drug-likeness (QED) is 0.849. The molecule has 1 aliphatic carbocycles. The lowest BCUT2D eigenvalue weighted by atomic mass is 10.2. The van der Waals surface area contributed by atoms with Crippen LogP contribution >= 0.6 is 15.9 Å². The average Bonchev–Trinajstić information content (AvgIpc) is 3.02. The minimum atomic E-state index is -0.127. The number of nitrogens with zero attached hydrogens (tertiary/aromatic N) is 2. The minimum absolute atomic E-state index is 0.127. The van der Waals surface area contributed by atoms with Gasteiger partial charge in [-0.1, -0.05) is 25.0 Å². The molecule has 0 bridgehead atoms. The number of nitrogens with one attached hydrogen (secondary N) is 2. The second-order valence-electron chi connectivity index (χ2n) is 5.78. The average molecular weight is 375 g/mol. The lowest BCUT2D eigenvalue weighted by Crippen LogP contribution is -2.33. The Morgan fingerprint density at radius 2 is 1.96 bits per heavy atom. The Hall–Kier alpha value is -1.95. The van der Waals surface area contributed by atoms with Crippen LogP contribution in [-0.2, 0) is 0 Å². The monoisotopic (exact) mass is 374 g/mol. The highest BCUT2D eigenvalue weighted by Crippen LogP contribution is 2.24. The fourth-order valence-electron chi connectivity index (χ4n) is 2.75. The zero-order chi connectivity index (χ0) is 16.2. The van der Waals surface area contributed by atoms with E-state index in [1.165, 1.54) is 12.8 Å². The predicted octanol–water partition coefficient (Wildman–Crippen LogP) is 3.96. The van der Waals surface area contributed by atoms with E-state index in [1.807, 2.05) is 31.2 Å². The second-order valence-corrected chi connectivity index (χ2v) is 6.63. The summed E-state index contributed by atoms with van der Waals surface area (Å²) in [6.45, 7) is 1.86. The Labute approximate surface area is 144 Å². The summed E-state index contributed by atoms with van der Waals surface area (Å²) in [7, 11) is 0. The van der Waals surface area contributed by atoms with Gasteiger partial charge >= 0.3 is 0 Å². The van der Waals surface area contributed by atoms with Crippen LogP contribution in [-0.4, -0.2) is 21.9 Å². The first-order chi connectivity index (χ1) is 11.1. The molecule has 0 unspecified atom stereocenters. The van der Waals surface area contributed by atoms with Gasteiger partial charge in [0.1, 0.15) is 5.69 Å². The van der Waals surface area contributed by atoms with Gasteiger partial charge in [0, 0.05) is 16.2 Å². The summed E-state index contributed by atoms with van der Waals surface area (Å²) in [4.78, 5) is 21.1. The summed E-state index contributed by atoms with van der Waals surface area (Å²) in [6.07, 6.45) is 4.47. The molecule has 0 atom stereocenters. The molecule has 1 amide bonds. The van der Waals surface area contributed by atoms with Gasteiger partial charge in [0.15, 0.2) is 0 Å². The third-order valence-electron chi connectivity index (χ3n) is 3.90. The van der Waals surface area contributed by atoms with Gasteiger partial charge in [-0.15, -0.1) is 0 Å². The van der Waals surface area contributed by atoms with Gasteiger partial charge in [-0.3, -0.25) is 4.79 Å². The van der Waals surface area contributed by atoms with Crippen molar-refractivity contribution in [3.63, 3.8) is 0 Å². The zero-order valence-corrected chi connectivity index (χ0v) is 14.6. The van der Waals surface area contributed by atoms with E-state index in [2.05, 4.69) is 36.5 Å². The van der Waals surface area contributed by atoms with Crippen molar-refractivity contribution in [2.24, 2.45) is 0 Å². The largest absolute Gasteiger partial charge is 0.348 e. The van der Waals surface area contributed by atoms with Gasteiger partial charge in [0.2, 0.25) is 5.95 Å². The first-order valence-corrected chi connectivity index (χ1v) is 8.59. The van der Waals surface area contributed by atoms with Crippen molar-refractivity contribution in [3.05, 3.63) is 46.2 Å². The van der Waals surface area contributed by atoms with Crippen molar-refractivity contribution in [2.45, 2.75) is 38.6 Å². The number of benzene rings is 1. The van der Waals surface area contributed by atoms with Crippen molar-refractivity contribution in [1.82, 2.24) is 15.3 Å². The van der Waals surface area contributed by atoms with E-state index in [0.717, 1.165) is 28.7 Å². The highest BCUT2D eigenvalue weighted by Gasteiger charge is 2.19. The maximum Gasteiger partial charge on any atom is 0.270 e. The van der Waals surface area contributed by atoms with E-state index in [-0.39, 0.29) is 11.9 Å². The molecule has 23 heavy (non-hydrogen) atoms. The van der Waals surface area contributed by atoms with E-state index in [9.17, 15) is 4.79 Å². The first-order valence-electron chi connectivity index (χ1n) is 7.80. The molecular weight excluding hydrogens is 356 g/mol. The summed E-state index contributed by atoms with van der Waals surface area (Å²) >= 11 is 3.48. The molecule has 2 N–H and O–H groups in total. The number of halogens is 1. The van der Waals surface area contributed by atoms with Crippen LogP contribution in [0.1, 0.15) is 41.9 Å². The molecule has 5 nitrogen and oxygen atoms in total. The van der Waals surface area contributed by atoms with E-state index >= 15 is 0 Å². The number of rotatable bonds is 4. The van der Waals surface area contributed by atoms with Gasteiger partial charge in [-0.2, -0.15) is 0 Å². The molecule has 1 saturated carbocycles. The number of amides is 1. The van der Waals surface area contributed by atoms with E-state index < -0.39 is 0 Å². The SMILES string of the molecule is Cc1cc(C(=O)NC2CCCC2)nc(Nc2ccccc2Br)n1. The van der Waals surface area contributed by atoms with Crippen LogP contribution in [0.4, 0.5) is 11.6 Å². The third kappa shape index (κ3) is 4.07. The molecular formula is C17H19BrN4O. The molecule has 0 saturated heterocycles. The maximum absolute atomic E-state index is 12.4. The number of carbonyl (C=O) groups excluding carboxylic acids is 1. The molecule has 120 valence electrons. The van der Waals surface area contributed by atoms with Crippen LogP contribution in [0.5, 0.6) is 0 Å². The topological polar surface area (TPSA) is 66.9 Å². The fourth-order valence-corrected chi connectivity index (χ4v) is 3.14. The van der Waals surface area contributed by atoms with Gasteiger partial charge in [0.25, 0.3) is 5.91 Å². The number of anilines is 2. The molecule has 3 rings (SSSR count). The Kier molecular flexibility index (Phi) is 4.91. The molecule has 1 heterocycles. The van der Waals surface area contributed by atoms with Crippen LogP contribution in [0.25, 0.3) is 0 Å². The molecule has 1 aromatic carbocycles. The summed E-state index contributed by atoms with van der Waals surface area (Å²) in [5.74, 6) is 0.297. The van der Waals surface area contributed by atoms with Gasteiger partial charge in [0.05, 0.1) is 5.69 Å².